The van der Waals surface area contributed by atoms with Crippen molar-refractivity contribution in [2.75, 3.05) is 20.1 Å². The van der Waals surface area contributed by atoms with Gasteiger partial charge < -0.3 is 14.6 Å². The molecule has 0 radical (unpaired) electrons. The molecule has 1 aliphatic heterocycles. The van der Waals surface area contributed by atoms with Gasteiger partial charge in [-0.3, -0.25) is 4.79 Å². The summed E-state index contributed by atoms with van der Waals surface area (Å²) in [6.45, 7) is 0.171. The lowest BCUT2D eigenvalue weighted by Crippen LogP contribution is -2.39. The molecule has 3 rings (SSSR count). The summed E-state index contributed by atoms with van der Waals surface area (Å²) in [5, 5.41) is 2.62. The molecule has 1 N–H and O–H groups in total. The number of halogens is 3. The van der Waals surface area contributed by atoms with Gasteiger partial charge >= 0.3 is 6.18 Å². The highest BCUT2D eigenvalue weighted by Crippen LogP contribution is 2.37. The average Bonchev–Trinajstić information content (AvgIpc) is 3.09. The van der Waals surface area contributed by atoms with E-state index in [1.165, 1.54) is 0 Å². The summed E-state index contributed by atoms with van der Waals surface area (Å²) in [5.41, 5.74) is 1.53. The molecule has 124 valence electrons. The first kappa shape index (κ1) is 15.8. The summed E-state index contributed by atoms with van der Waals surface area (Å²) in [6, 6.07) is 3.60. The van der Waals surface area contributed by atoms with E-state index in [1.807, 2.05) is 4.40 Å². The van der Waals surface area contributed by atoms with E-state index in [1.54, 1.807) is 42.7 Å². The lowest BCUT2D eigenvalue weighted by molar-refractivity contribution is -0.183. The second-order valence-electron chi connectivity index (χ2n) is 5.92. The van der Waals surface area contributed by atoms with Crippen LogP contribution in [0.2, 0.25) is 0 Å². The van der Waals surface area contributed by atoms with Crippen molar-refractivity contribution in [2.45, 2.75) is 12.7 Å². The standard InChI is InChI=1S/C15H17F3N4O/c1-21-8-11(12(9-21)15(16,17)18)14(23)20-7-10-2-4-22-5-3-19-13(22)6-10/h2-6,11-12H,7-9H2,1H3,(H,20,23)/t11-,12-/m1/s1. The summed E-state index contributed by atoms with van der Waals surface area (Å²) in [6.07, 6.45) is 0.882. The highest BCUT2D eigenvalue weighted by molar-refractivity contribution is 5.79. The summed E-state index contributed by atoms with van der Waals surface area (Å²) in [5.74, 6) is -3.22. The Bertz CT molecular complexity index is 712. The molecule has 0 aromatic carbocycles. The van der Waals surface area contributed by atoms with Crippen LogP contribution in [0.5, 0.6) is 0 Å². The number of carbonyl (C=O) groups excluding carboxylic acids is 1. The van der Waals surface area contributed by atoms with Crippen LogP contribution in [-0.2, 0) is 11.3 Å². The Hall–Kier alpha value is -2.09. The highest BCUT2D eigenvalue weighted by Gasteiger charge is 2.51. The molecule has 2 atom stereocenters. The minimum Gasteiger partial charge on any atom is -0.352 e. The first-order chi connectivity index (χ1) is 10.8. The normalized spacial score (nSPS) is 22.6. The first-order valence-corrected chi connectivity index (χ1v) is 7.29. The number of alkyl halides is 3. The summed E-state index contributed by atoms with van der Waals surface area (Å²) in [4.78, 5) is 17.8. The minimum absolute atomic E-state index is 0.120. The SMILES string of the molecule is CN1C[C@@H](C(F)(F)F)[C@H](C(=O)NCc2ccn3ccnc3c2)C1. The van der Waals surface area contributed by atoms with Gasteiger partial charge in [-0.05, 0) is 24.7 Å². The van der Waals surface area contributed by atoms with Gasteiger partial charge in [-0.15, -0.1) is 0 Å². The molecule has 0 bridgehead atoms. The fourth-order valence-corrected chi connectivity index (χ4v) is 2.98. The predicted molar refractivity (Wildman–Crippen MR) is 77.6 cm³/mol. The molecular formula is C15H17F3N4O. The largest absolute Gasteiger partial charge is 0.393 e. The van der Waals surface area contributed by atoms with Gasteiger partial charge in [0.15, 0.2) is 0 Å². The third-order valence-corrected chi connectivity index (χ3v) is 4.19. The maximum atomic E-state index is 13.0. The Kier molecular flexibility index (Phi) is 4.01. The van der Waals surface area contributed by atoms with Crippen molar-refractivity contribution < 1.29 is 18.0 Å². The number of imidazole rings is 1. The summed E-state index contributed by atoms with van der Waals surface area (Å²) in [7, 11) is 1.60. The topological polar surface area (TPSA) is 49.6 Å². The van der Waals surface area contributed by atoms with Gasteiger partial charge in [0.05, 0.1) is 11.8 Å². The number of fused-ring (bicyclic) bond motifs is 1. The number of pyridine rings is 1. The zero-order valence-corrected chi connectivity index (χ0v) is 12.5. The molecule has 0 aliphatic carbocycles. The molecule has 1 aliphatic rings. The fraction of sp³-hybridized carbons (Fsp3) is 0.467. The van der Waals surface area contributed by atoms with Crippen LogP contribution in [0.15, 0.2) is 30.7 Å². The maximum Gasteiger partial charge on any atom is 0.393 e. The first-order valence-electron chi connectivity index (χ1n) is 7.29. The number of likely N-dealkylation sites (tertiary alicyclic amines) is 1. The third-order valence-electron chi connectivity index (χ3n) is 4.19. The van der Waals surface area contributed by atoms with Gasteiger partial charge in [-0.1, -0.05) is 0 Å². The lowest BCUT2D eigenvalue weighted by atomic mass is 9.94. The van der Waals surface area contributed by atoms with Gasteiger partial charge in [0.1, 0.15) is 5.65 Å². The van der Waals surface area contributed by atoms with Crippen LogP contribution < -0.4 is 5.32 Å². The van der Waals surface area contributed by atoms with E-state index < -0.39 is 23.9 Å². The van der Waals surface area contributed by atoms with Crippen molar-refractivity contribution >= 4 is 11.6 Å². The van der Waals surface area contributed by atoms with Crippen LogP contribution in [0.25, 0.3) is 5.65 Å². The van der Waals surface area contributed by atoms with E-state index in [4.69, 9.17) is 0 Å². The Morgan fingerprint density at radius 2 is 2.17 bits per heavy atom. The number of nitrogens with one attached hydrogen (secondary N) is 1. The molecule has 5 nitrogen and oxygen atoms in total. The van der Waals surface area contributed by atoms with Crippen LogP contribution in [0.1, 0.15) is 5.56 Å². The Balaban J connectivity index is 1.66. The van der Waals surface area contributed by atoms with Crippen molar-refractivity contribution in [2.24, 2.45) is 11.8 Å². The van der Waals surface area contributed by atoms with Crippen LogP contribution in [-0.4, -0.2) is 46.5 Å². The van der Waals surface area contributed by atoms with Gasteiger partial charge in [0, 0.05) is 38.2 Å². The van der Waals surface area contributed by atoms with Gasteiger partial charge in [-0.2, -0.15) is 13.2 Å². The van der Waals surface area contributed by atoms with E-state index in [9.17, 15) is 18.0 Å². The molecule has 0 spiro atoms. The molecule has 1 fully saturated rings. The molecule has 1 amide bonds. The van der Waals surface area contributed by atoms with E-state index in [2.05, 4.69) is 10.3 Å². The molecule has 0 unspecified atom stereocenters. The van der Waals surface area contributed by atoms with Crippen LogP contribution in [0.4, 0.5) is 13.2 Å². The number of aromatic nitrogens is 2. The Morgan fingerprint density at radius 3 is 2.91 bits per heavy atom. The molecule has 2 aromatic rings. The van der Waals surface area contributed by atoms with Crippen molar-refractivity contribution in [1.82, 2.24) is 19.6 Å². The number of rotatable bonds is 3. The number of amides is 1. The van der Waals surface area contributed by atoms with E-state index >= 15 is 0 Å². The lowest BCUT2D eigenvalue weighted by Gasteiger charge is -2.20. The predicted octanol–water partition coefficient (Wildman–Crippen LogP) is 1.69. The van der Waals surface area contributed by atoms with E-state index in [0.29, 0.717) is 0 Å². The fourth-order valence-electron chi connectivity index (χ4n) is 2.98. The van der Waals surface area contributed by atoms with Crippen LogP contribution >= 0.6 is 0 Å². The number of hydrogen-bond acceptors (Lipinski definition) is 3. The Labute approximate surface area is 131 Å². The number of hydrogen-bond donors (Lipinski definition) is 1. The zero-order chi connectivity index (χ0) is 16.6. The van der Waals surface area contributed by atoms with Crippen molar-refractivity contribution in [1.29, 1.82) is 0 Å². The number of nitrogens with zero attached hydrogens (tertiary/aromatic N) is 3. The minimum atomic E-state index is -4.36. The van der Waals surface area contributed by atoms with Crippen molar-refractivity contribution in [3.05, 3.63) is 36.3 Å². The van der Waals surface area contributed by atoms with Crippen molar-refractivity contribution in [3.63, 3.8) is 0 Å². The average molecular weight is 326 g/mol. The molecule has 8 heteroatoms. The molecular weight excluding hydrogens is 309 g/mol. The number of carbonyl (C=O) groups is 1. The monoisotopic (exact) mass is 326 g/mol. The molecule has 2 aromatic heterocycles. The van der Waals surface area contributed by atoms with Gasteiger partial charge in [0.2, 0.25) is 5.91 Å². The maximum absolute atomic E-state index is 13.0. The molecule has 3 heterocycles. The van der Waals surface area contributed by atoms with E-state index in [0.717, 1.165) is 11.2 Å². The Morgan fingerprint density at radius 1 is 1.39 bits per heavy atom. The molecule has 1 saturated heterocycles. The summed E-state index contributed by atoms with van der Waals surface area (Å²) < 4.78 is 40.9. The van der Waals surface area contributed by atoms with E-state index in [-0.39, 0.29) is 19.6 Å². The smallest absolute Gasteiger partial charge is 0.352 e. The second-order valence-corrected chi connectivity index (χ2v) is 5.92. The second kappa shape index (κ2) is 5.84. The highest BCUT2D eigenvalue weighted by atomic mass is 19.4. The zero-order valence-electron chi connectivity index (χ0n) is 12.5. The van der Waals surface area contributed by atoms with Crippen LogP contribution in [0.3, 0.4) is 0 Å². The quantitative estimate of drug-likeness (QED) is 0.934. The van der Waals surface area contributed by atoms with Gasteiger partial charge in [0.25, 0.3) is 0 Å². The molecule has 0 saturated carbocycles. The third kappa shape index (κ3) is 3.31. The molecule has 23 heavy (non-hydrogen) atoms. The summed E-state index contributed by atoms with van der Waals surface area (Å²) >= 11 is 0. The van der Waals surface area contributed by atoms with Crippen LogP contribution in [0, 0.1) is 11.8 Å². The van der Waals surface area contributed by atoms with Gasteiger partial charge in [-0.25, -0.2) is 4.98 Å². The van der Waals surface area contributed by atoms with Crippen molar-refractivity contribution in [3.8, 4) is 0 Å².